The van der Waals surface area contributed by atoms with Crippen LogP contribution >= 0.6 is 0 Å². The van der Waals surface area contributed by atoms with Gasteiger partial charge in [-0.05, 0) is 23.8 Å². The Morgan fingerprint density at radius 1 is 1.16 bits per heavy atom. The first-order chi connectivity index (χ1) is 15.2. The third-order valence-corrected chi connectivity index (χ3v) is 4.74. The quantitative estimate of drug-likeness (QED) is 0.143. The fourth-order valence-electron chi connectivity index (χ4n) is 2.81. The predicted octanol–water partition coefficient (Wildman–Crippen LogP) is -2.50. The lowest BCUT2D eigenvalue weighted by Crippen LogP contribution is -2.59. The summed E-state index contributed by atoms with van der Waals surface area (Å²) in [5, 5.41) is 67.5. The van der Waals surface area contributed by atoms with Gasteiger partial charge in [-0.25, -0.2) is 4.79 Å². The van der Waals surface area contributed by atoms with E-state index in [1.807, 2.05) is 0 Å². The van der Waals surface area contributed by atoms with E-state index in [2.05, 4.69) is 0 Å². The van der Waals surface area contributed by atoms with Crippen molar-refractivity contribution in [2.45, 2.75) is 42.9 Å². The van der Waals surface area contributed by atoms with Crippen LogP contribution in [0.25, 0.3) is 6.08 Å². The van der Waals surface area contributed by atoms with Gasteiger partial charge >= 0.3 is 5.97 Å². The van der Waals surface area contributed by atoms with Gasteiger partial charge in [-0.3, -0.25) is 0 Å². The van der Waals surface area contributed by atoms with Gasteiger partial charge in [0.05, 0.1) is 20.3 Å². The number of hydrogen-bond acceptors (Lipinski definition) is 12. The summed E-state index contributed by atoms with van der Waals surface area (Å²) < 4.78 is 20.4. The van der Waals surface area contributed by atoms with Crippen LogP contribution in [0.1, 0.15) is 5.56 Å². The first-order valence-corrected chi connectivity index (χ1v) is 9.68. The zero-order valence-corrected chi connectivity index (χ0v) is 17.2. The lowest BCUT2D eigenvalue weighted by Gasteiger charge is -2.40. The Labute approximate surface area is 183 Å². The minimum atomic E-state index is -1.70. The maximum absolute atomic E-state index is 12.0. The molecule has 1 aromatic carbocycles. The van der Waals surface area contributed by atoms with Crippen molar-refractivity contribution in [2.24, 2.45) is 0 Å². The number of aromatic hydroxyl groups is 1. The predicted molar refractivity (Wildman–Crippen MR) is 106 cm³/mol. The fourth-order valence-corrected chi connectivity index (χ4v) is 2.81. The van der Waals surface area contributed by atoms with Crippen molar-refractivity contribution in [1.29, 1.82) is 0 Å². The summed E-state index contributed by atoms with van der Waals surface area (Å²) in [5.41, 5.74) is 0.491. The molecule has 0 spiro atoms. The van der Waals surface area contributed by atoms with Crippen LogP contribution in [-0.4, -0.2) is 112 Å². The molecular weight excluding hydrogens is 432 g/mol. The number of benzene rings is 1. The second kappa shape index (κ2) is 12.1. The van der Waals surface area contributed by atoms with Gasteiger partial charge in [0.1, 0.15) is 43.2 Å². The standard InChI is InChI=1S/C20H28O12/c1-29-14-4-2-10(6-11(14)22)3-5-16(25)30-9-15-17(26)18(27)19(28)20(32-15)31-8-13(24)12(23)7-21/h2-6,12-13,15,17-24,26-28H,7-9H2,1H3/t12-,13+,15-,17-,18+,19-,20-/m1/s1. The van der Waals surface area contributed by atoms with E-state index < -0.39 is 68.7 Å². The van der Waals surface area contributed by atoms with E-state index in [1.165, 1.54) is 25.3 Å². The molecule has 0 aliphatic carbocycles. The summed E-state index contributed by atoms with van der Waals surface area (Å²) in [6.07, 6.45) is -8.28. The summed E-state index contributed by atoms with van der Waals surface area (Å²) in [6, 6.07) is 4.48. The van der Waals surface area contributed by atoms with Crippen LogP contribution in [-0.2, 0) is 19.0 Å². The van der Waals surface area contributed by atoms with Crippen LogP contribution in [0.2, 0.25) is 0 Å². The molecule has 0 radical (unpaired) electrons. The smallest absolute Gasteiger partial charge is 0.330 e. The molecule has 1 aliphatic heterocycles. The fraction of sp³-hybridized carbons (Fsp3) is 0.550. The van der Waals surface area contributed by atoms with Crippen molar-refractivity contribution in [3.8, 4) is 11.5 Å². The second-order valence-electron chi connectivity index (χ2n) is 7.06. The van der Waals surface area contributed by atoms with Gasteiger partial charge in [0.15, 0.2) is 17.8 Å². The molecule has 7 atom stereocenters. The number of aliphatic hydroxyl groups excluding tert-OH is 6. The number of esters is 1. The number of ether oxygens (including phenoxy) is 4. The molecule has 1 heterocycles. The zero-order chi connectivity index (χ0) is 23.8. The molecular formula is C20H28O12. The van der Waals surface area contributed by atoms with Crippen molar-refractivity contribution >= 4 is 12.0 Å². The number of methoxy groups -OCH3 is 1. The number of carbonyl (C=O) groups excluding carboxylic acids is 1. The molecule has 0 amide bonds. The molecule has 0 aromatic heterocycles. The van der Waals surface area contributed by atoms with Crippen molar-refractivity contribution < 1.29 is 59.5 Å². The average molecular weight is 460 g/mol. The summed E-state index contributed by atoms with van der Waals surface area (Å²) in [7, 11) is 1.40. The lowest BCUT2D eigenvalue weighted by molar-refractivity contribution is -0.306. The summed E-state index contributed by atoms with van der Waals surface area (Å²) in [4.78, 5) is 12.0. The highest BCUT2D eigenvalue weighted by Crippen LogP contribution is 2.27. The Balaban J connectivity index is 1.91. The molecule has 2 rings (SSSR count). The Morgan fingerprint density at radius 2 is 1.88 bits per heavy atom. The van der Waals surface area contributed by atoms with Crippen LogP contribution in [0, 0.1) is 0 Å². The van der Waals surface area contributed by atoms with E-state index in [0.29, 0.717) is 5.56 Å². The molecule has 0 saturated carbocycles. The number of phenolic OH excluding ortho intramolecular Hbond substituents is 1. The van der Waals surface area contributed by atoms with E-state index >= 15 is 0 Å². The largest absolute Gasteiger partial charge is 0.504 e. The number of rotatable bonds is 10. The van der Waals surface area contributed by atoms with E-state index in [-0.39, 0.29) is 11.5 Å². The van der Waals surface area contributed by atoms with Gasteiger partial charge in [-0.1, -0.05) is 6.07 Å². The van der Waals surface area contributed by atoms with Crippen molar-refractivity contribution in [1.82, 2.24) is 0 Å². The van der Waals surface area contributed by atoms with Gasteiger partial charge in [-0.15, -0.1) is 0 Å². The molecule has 1 fully saturated rings. The Morgan fingerprint density at radius 3 is 2.50 bits per heavy atom. The van der Waals surface area contributed by atoms with Crippen molar-refractivity contribution in [3.05, 3.63) is 29.8 Å². The third kappa shape index (κ3) is 6.85. The van der Waals surface area contributed by atoms with Gasteiger partial charge in [0, 0.05) is 6.08 Å². The first kappa shape index (κ1) is 26.0. The average Bonchev–Trinajstić information content (AvgIpc) is 2.79. The maximum atomic E-state index is 12.0. The van der Waals surface area contributed by atoms with Crippen LogP contribution < -0.4 is 4.74 Å². The zero-order valence-electron chi connectivity index (χ0n) is 17.2. The number of carbonyl (C=O) groups is 1. The summed E-state index contributed by atoms with van der Waals surface area (Å²) in [6.45, 7) is -1.76. The molecule has 1 aliphatic rings. The molecule has 180 valence electrons. The Hall–Kier alpha value is -2.29. The van der Waals surface area contributed by atoms with Crippen LogP contribution in [0.4, 0.5) is 0 Å². The molecule has 12 nitrogen and oxygen atoms in total. The monoisotopic (exact) mass is 460 g/mol. The number of aliphatic hydroxyl groups is 6. The minimum absolute atomic E-state index is 0.114. The molecule has 0 bridgehead atoms. The molecule has 32 heavy (non-hydrogen) atoms. The molecule has 12 heteroatoms. The third-order valence-electron chi connectivity index (χ3n) is 4.74. The number of phenols is 1. The first-order valence-electron chi connectivity index (χ1n) is 9.68. The SMILES string of the molecule is COc1ccc(C=CC(=O)OC[C@H]2O[C@@H](OC[C@H](O)[C@H](O)CO)[C@H](O)[C@@H](O)[C@@H]2O)cc1O. The topological polar surface area (TPSA) is 196 Å². The van der Waals surface area contributed by atoms with Gasteiger partial charge in [0.25, 0.3) is 0 Å². The second-order valence-corrected chi connectivity index (χ2v) is 7.06. The summed E-state index contributed by atoms with van der Waals surface area (Å²) in [5.74, 6) is -0.656. The van der Waals surface area contributed by atoms with E-state index in [4.69, 9.17) is 24.1 Å². The van der Waals surface area contributed by atoms with Crippen molar-refractivity contribution in [3.63, 3.8) is 0 Å². The van der Waals surface area contributed by atoms with E-state index in [0.717, 1.165) is 6.08 Å². The molecule has 0 unspecified atom stereocenters. The lowest BCUT2D eigenvalue weighted by atomic mass is 9.99. The normalized spacial score (nSPS) is 27.8. The Kier molecular flexibility index (Phi) is 9.81. The van der Waals surface area contributed by atoms with Gasteiger partial charge < -0.3 is 54.7 Å². The highest BCUT2D eigenvalue weighted by molar-refractivity contribution is 5.87. The van der Waals surface area contributed by atoms with Crippen LogP contribution in [0.5, 0.6) is 11.5 Å². The van der Waals surface area contributed by atoms with Crippen LogP contribution in [0.3, 0.4) is 0 Å². The summed E-state index contributed by atoms with van der Waals surface area (Å²) >= 11 is 0. The van der Waals surface area contributed by atoms with E-state index in [1.54, 1.807) is 6.07 Å². The highest BCUT2D eigenvalue weighted by Gasteiger charge is 2.45. The molecule has 1 aromatic rings. The van der Waals surface area contributed by atoms with Crippen LogP contribution in [0.15, 0.2) is 24.3 Å². The Bertz CT molecular complexity index is 769. The van der Waals surface area contributed by atoms with Gasteiger partial charge in [0.2, 0.25) is 0 Å². The minimum Gasteiger partial charge on any atom is -0.504 e. The number of hydrogen-bond donors (Lipinski definition) is 7. The maximum Gasteiger partial charge on any atom is 0.330 e. The molecule has 1 saturated heterocycles. The van der Waals surface area contributed by atoms with Crippen molar-refractivity contribution in [2.75, 3.05) is 26.9 Å². The van der Waals surface area contributed by atoms with Gasteiger partial charge in [-0.2, -0.15) is 0 Å². The highest BCUT2D eigenvalue weighted by atomic mass is 16.7. The molecule has 7 N–H and O–H groups in total. The van der Waals surface area contributed by atoms with E-state index in [9.17, 15) is 35.4 Å².